The first-order chi connectivity index (χ1) is 9.97. The van der Waals surface area contributed by atoms with Gasteiger partial charge in [0.25, 0.3) is 0 Å². The number of aromatic nitrogens is 1. The Bertz CT molecular complexity index is 779. The smallest absolute Gasteiger partial charge is 0.242 e. The van der Waals surface area contributed by atoms with Crippen LogP contribution in [0.25, 0.3) is 0 Å². The molecule has 3 rings (SSSR count). The van der Waals surface area contributed by atoms with E-state index < -0.39 is 22.2 Å². The number of aliphatic hydroxyl groups is 1. The largest absolute Gasteiger partial charge is 0.391 e. The lowest BCUT2D eigenvalue weighted by atomic mass is 10.1. The predicted octanol–water partition coefficient (Wildman–Crippen LogP) is 1.78. The minimum absolute atomic E-state index is 0.0634. The molecule has 1 aliphatic rings. The van der Waals surface area contributed by atoms with Gasteiger partial charge >= 0.3 is 0 Å². The van der Waals surface area contributed by atoms with Crippen molar-refractivity contribution < 1.29 is 13.5 Å². The van der Waals surface area contributed by atoms with Gasteiger partial charge in [0.2, 0.25) is 10.0 Å². The minimum Gasteiger partial charge on any atom is -0.391 e. The monoisotopic (exact) mass is 368 g/mol. The number of rotatable bonds is 3. The number of halogens is 1. The minimum atomic E-state index is -3.74. The Morgan fingerprint density at radius 1 is 1.29 bits per heavy atom. The van der Waals surface area contributed by atoms with Crippen molar-refractivity contribution in [2.45, 2.75) is 23.5 Å². The van der Waals surface area contributed by atoms with Crippen LogP contribution in [0.15, 0.2) is 52.1 Å². The molecule has 0 saturated heterocycles. The lowest BCUT2D eigenvalue weighted by Crippen LogP contribution is -2.33. The fraction of sp³-hybridized carbons (Fsp3) is 0.214. The Balaban J connectivity index is 1.93. The number of hydrogen-bond donors (Lipinski definition) is 2. The standard InChI is InChI=1S/C14H13BrN2O3S/c15-10-6-11(8-16-7-10)21(19,20)17-14-12-4-2-1-3-9(12)5-13(14)18/h1-4,6-8,13-14,17-18H,5H2/t13-,14+/m1/s1. The van der Waals surface area contributed by atoms with Crippen LogP contribution in [-0.2, 0) is 16.4 Å². The van der Waals surface area contributed by atoms with Crippen LogP contribution < -0.4 is 4.72 Å². The Morgan fingerprint density at radius 2 is 2.05 bits per heavy atom. The normalized spacial score (nSPS) is 21.2. The summed E-state index contributed by atoms with van der Waals surface area (Å²) in [5.41, 5.74) is 1.78. The summed E-state index contributed by atoms with van der Waals surface area (Å²) in [6, 6.07) is 8.28. The van der Waals surface area contributed by atoms with Crippen LogP contribution in [-0.4, -0.2) is 24.6 Å². The molecule has 1 aliphatic carbocycles. The van der Waals surface area contributed by atoms with Crippen LogP contribution in [0.1, 0.15) is 17.2 Å². The average Bonchev–Trinajstić information content (AvgIpc) is 2.75. The molecule has 0 unspecified atom stereocenters. The number of pyridine rings is 1. The summed E-state index contributed by atoms with van der Waals surface area (Å²) in [6.07, 6.45) is 2.47. The van der Waals surface area contributed by atoms with E-state index in [0.717, 1.165) is 11.1 Å². The maximum absolute atomic E-state index is 12.4. The van der Waals surface area contributed by atoms with E-state index >= 15 is 0 Å². The van der Waals surface area contributed by atoms with Crippen LogP contribution in [0.2, 0.25) is 0 Å². The molecular weight excluding hydrogens is 356 g/mol. The van der Waals surface area contributed by atoms with E-state index in [9.17, 15) is 13.5 Å². The molecule has 21 heavy (non-hydrogen) atoms. The van der Waals surface area contributed by atoms with Crippen molar-refractivity contribution in [3.8, 4) is 0 Å². The zero-order valence-electron chi connectivity index (χ0n) is 10.9. The average molecular weight is 369 g/mol. The van der Waals surface area contributed by atoms with Gasteiger partial charge in [-0.1, -0.05) is 24.3 Å². The fourth-order valence-electron chi connectivity index (χ4n) is 2.49. The van der Waals surface area contributed by atoms with Crippen LogP contribution in [0.3, 0.4) is 0 Å². The molecule has 0 saturated carbocycles. The predicted molar refractivity (Wildman–Crippen MR) is 81.2 cm³/mol. The second-order valence-corrected chi connectivity index (χ2v) is 7.54. The van der Waals surface area contributed by atoms with E-state index in [4.69, 9.17) is 0 Å². The number of fused-ring (bicyclic) bond motifs is 1. The van der Waals surface area contributed by atoms with Crippen LogP contribution in [0, 0.1) is 0 Å². The van der Waals surface area contributed by atoms with Crippen LogP contribution in [0.4, 0.5) is 0 Å². The van der Waals surface area contributed by atoms with Gasteiger partial charge in [-0.05, 0) is 33.1 Å². The lowest BCUT2D eigenvalue weighted by molar-refractivity contribution is 0.151. The van der Waals surface area contributed by atoms with Gasteiger partial charge in [0.05, 0.1) is 12.1 Å². The summed E-state index contributed by atoms with van der Waals surface area (Å²) in [7, 11) is -3.74. The van der Waals surface area contributed by atoms with Crippen molar-refractivity contribution in [3.05, 3.63) is 58.3 Å². The first kappa shape index (κ1) is 14.6. The second kappa shape index (κ2) is 5.49. The molecule has 2 aromatic rings. The summed E-state index contributed by atoms with van der Waals surface area (Å²) in [5, 5.41) is 10.1. The quantitative estimate of drug-likeness (QED) is 0.865. The molecule has 1 aromatic carbocycles. The number of hydrogen-bond acceptors (Lipinski definition) is 4. The van der Waals surface area contributed by atoms with E-state index in [0.29, 0.717) is 10.9 Å². The maximum Gasteiger partial charge on any atom is 0.242 e. The van der Waals surface area contributed by atoms with Crippen molar-refractivity contribution in [2.75, 3.05) is 0 Å². The molecule has 0 aliphatic heterocycles. The molecule has 0 spiro atoms. The molecule has 0 radical (unpaired) electrons. The van der Waals surface area contributed by atoms with Gasteiger partial charge in [-0.3, -0.25) is 4.98 Å². The highest BCUT2D eigenvalue weighted by Gasteiger charge is 2.34. The molecule has 1 heterocycles. The van der Waals surface area contributed by atoms with Crippen LogP contribution >= 0.6 is 15.9 Å². The topological polar surface area (TPSA) is 79.3 Å². The highest BCUT2D eigenvalue weighted by Crippen LogP contribution is 2.32. The summed E-state index contributed by atoms with van der Waals surface area (Å²) >= 11 is 3.20. The molecule has 0 bridgehead atoms. The number of benzene rings is 1. The Kier molecular flexibility index (Phi) is 3.83. The highest BCUT2D eigenvalue weighted by atomic mass is 79.9. The van der Waals surface area contributed by atoms with Gasteiger partial charge in [-0.2, -0.15) is 0 Å². The van der Waals surface area contributed by atoms with Gasteiger partial charge in [0.1, 0.15) is 4.90 Å². The molecule has 7 heteroatoms. The first-order valence-corrected chi connectivity index (χ1v) is 8.64. The summed E-state index contributed by atoms with van der Waals surface area (Å²) in [4.78, 5) is 3.92. The van der Waals surface area contributed by atoms with Gasteiger partial charge in [0, 0.05) is 23.3 Å². The van der Waals surface area contributed by atoms with Gasteiger partial charge in [0.15, 0.2) is 0 Å². The number of aliphatic hydroxyl groups excluding tert-OH is 1. The van der Waals surface area contributed by atoms with E-state index in [1.165, 1.54) is 18.5 Å². The molecule has 2 N–H and O–H groups in total. The third-order valence-corrected chi connectivity index (χ3v) is 5.32. The number of nitrogens with one attached hydrogen (secondary N) is 1. The van der Waals surface area contributed by atoms with E-state index in [1.54, 1.807) is 0 Å². The Labute approximate surface area is 131 Å². The molecular formula is C14H13BrN2O3S. The van der Waals surface area contributed by atoms with E-state index in [2.05, 4.69) is 25.6 Å². The van der Waals surface area contributed by atoms with Gasteiger partial charge < -0.3 is 5.11 Å². The van der Waals surface area contributed by atoms with Crippen molar-refractivity contribution in [1.29, 1.82) is 0 Å². The van der Waals surface area contributed by atoms with E-state index in [1.807, 2.05) is 24.3 Å². The number of sulfonamides is 1. The molecule has 1 aromatic heterocycles. The summed E-state index contributed by atoms with van der Waals surface area (Å²) in [6.45, 7) is 0. The van der Waals surface area contributed by atoms with Crippen molar-refractivity contribution >= 4 is 26.0 Å². The van der Waals surface area contributed by atoms with Gasteiger partial charge in [-0.15, -0.1) is 0 Å². The Morgan fingerprint density at radius 3 is 2.81 bits per heavy atom. The first-order valence-electron chi connectivity index (χ1n) is 6.36. The zero-order chi connectivity index (χ0) is 15.0. The third-order valence-electron chi connectivity index (χ3n) is 3.48. The molecule has 0 amide bonds. The maximum atomic E-state index is 12.4. The SMILES string of the molecule is O=S(=O)(N[C@H]1c2ccccc2C[C@H]1O)c1cncc(Br)c1. The molecule has 2 atom stereocenters. The van der Waals surface area contributed by atoms with Gasteiger partial charge in [-0.25, -0.2) is 13.1 Å². The summed E-state index contributed by atoms with van der Waals surface area (Å²) in [5.74, 6) is 0. The lowest BCUT2D eigenvalue weighted by Gasteiger charge is -2.18. The highest BCUT2D eigenvalue weighted by molar-refractivity contribution is 9.10. The van der Waals surface area contributed by atoms with Crippen molar-refractivity contribution in [1.82, 2.24) is 9.71 Å². The second-order valence-electron chi connectivity index (χ2n) is 4.91. The fourth-order valence-corrected chi connectivity index (χ4v) is 4.24. The van der Waals surface area contributed by atoms with E-state index in [-0.39, 0.29) is 4.90 Å². The van der Waals surface area contributed by atoms with Crippen molar-refractivity contribution in [2.24, 2.45) is 0 Å². The zero-order valence-corrected chi connectivity index (χ0v) is 13.3. The summed E-state index contributed by atoms with van der Waals surface area (Å²) < 4.78 is 28.0. The van der Waals surface area contributed by atoms with Crippen molar-refractivity contribution in [3.63, 3.8) is 0 Å². The molecule has 0 fully saturated rings. The number of nitrogens with zero attached hydrogens (tertiary/aromatic N) is 1. The molecule has 110 valence electrons. The Hall–Kier alpha value is -1.28. The van der Waals surface area contributed by atoms with Crippen LogP contribution in [0.5, 0.6) is 0 Å². The third kappa shape index (κ3) is 2.87. The molecule has 5 nitrogen and oxygen atoms in total.